The summed E-state index contributed by atoms with van der Waals surface area (Å²) in [6.07, 6.45) is 1.51. The van der Waals surface area contributed by atoms with Crippen LogP contribution >= 0.6 is 15.9 Å². The van der Waals surface area contributed by atoms with Crippen molar-refractivity contribution in [3.63, 3.8) is 0 Å². The Morgan fingerprint density at radius 2 is 1.77 bits per heavy atom. The molecule has 5 nitrogen and oxygen atoms in total. The lowest BCUT2D eigenvalue weighted by Crippen LogP contribution is -2.03. The quantitative estimate of drug-likeness (QED) is 0.364. The molecule has 2 aromatic carbocycles. The lowest BCUT2D eigenvalue weighted by atomic mass is 10.1. The molecule has 0 fully saturated rings. The number of fused-ring (bicyclic) bond motifs is 3. The normalized spacial score (nSPS) is 11.0. The highest BCUT2D eigenvalue weighted by Gasteiger charge is 2.21. The molecule has 0 spiro atoms. The van der Waals surface area contributed by atoms with Crippen LogP contribution in [0.15, 0.2) is 65.4 Å². The van der Waals surface area contributed by atoms with Crippen LogP contribution in [0.4, 0.5) is 0 Å². The third kappa shape index (κ3) is 2.72. The predicted octanol–water partition coefficient (Wildman–Crippen LogP) is 4.62. The van der Waals surface area contributed by atoms with E-state index in [-0.39, 0.29) is 0 Å². The van der Waals surface area contributed by atoms with Crippen molar-refractivity contribution in [3.05, 3.63) is 76.5 Å². The van der Waals surface area contributed by atoms with Gasteiger partial charge in [0.2, 0.25) is 0 Å². The summed E-state index contributed by atoms with van der Waals surface area (Å²) in [6, 6.07) is 17.7. The van der Waals surface area contributed by atoms with E-state index in [0.717, 1.165) is 16.3 Å². The first kappa shape index (κ1) is 16.6. The van der Waals surface area contributed by atoms with Gasteiger partial charge in [-0.1, -0.05) is 54.6 Å². The van der Waals surface area contributed by atoms with Gasteiger partial charge in [0, 0.05) is 10.8 Å². The van der Waals surface area contributed by atoms with E-state index in [2.05, 4.69) is 21.0 Å². The van der Waals surface area contributed by atoms with Crippen molar-refractivity contribution in [2.24, 2.45) is 0 Å². The first-order chi connectivity index (χ1) is 12.7. The van der Waals surface area contributed by atoms with Gasteiger partial charge in [-0.25, -0.2) is 9.31 Å². The Morgan fingerprint density at radius 1 is 1.08 bits per heavy atom. The maximum Gasteiger partial charge on any atom is 0.341 e. The number of hydrogen-bond donors (Lipinski definition) is 0. The summed E-state index contributed by atoms with van der Waals surface area (Å²) in [6.45, 7) is 0.431. The average Bonchev–Trinajstić information content (AvgIpc) is 3.14. The first-order valence-electron chi connectivity index (χ1n) is 8.03. The number of carbonyl (C=O) groups excluding carboxylic acids is 1. The number of rotatable bonds is 4. The molecule has 0 N–H and O–H groups in total. The van der Waals surface area contributed by atoms with Crippen molar-refractivity contribution in [1.29, 1.82) is 0 Å². The molecular formula is C20H15BrN2O3. The molecule has 0 unspecified atom stereocenters. The third-order valence-corrected chi connectivity index (χ3v) is 4.90. The van der Waals surface area contributed by atoms with E-state index in [0.29, 0.717) is 28.0 Å². The van der Waals surface area contributed by atoms with Crippen LogP contribution in [-0.2, 0) is 11.3 Å². The molecule has 2 aromatic heterocycles. The minimum absolute atomic E-state index is 0.416. The van der Waals surface area contributed by atoms with Crippen molar-refractivity contribution < 1.29 is 14.3 Å². The molecule has 0 bridgehead atoms. The second-order valence-corrected chi connectivity index (χ2v) is 6.50. The second kappa shape index (κ2) is 6.80. The number of methoxy groups -OCH3 is 1. The van der Waals surface area contributed by atoms with E-state index in [1.165, 1.54) is 13.3 Å². The summed E-state index contributed by atoms with van der Waals surface area (Å²) in [5.41, 5.74) is 2.17. The van der Waals surface area contributed by atoms with Gasteiger partial charge in [-0.05, 0) is 21.5 Å². The van der Waals surface area contributed by atoms with Crippen molar-refractivity contribution in [2.45, 2.75) is 6.61 Å². The van der Waals surface area contributed by atoms with Gasteiger partial charge in [-0.2, -0.15) is 5.10 Å². The Hall–Kier alpha value is -2.86. The van der Waals surface area contributed by atoms with E-state index in [9.17, 15) is 4.79 Å². The molecule has 4 aromatic rings. The Balaban J connectivity index is 1.90. The van der Waals surface area contributed by atoms with E-state index in [4.69, 9.17) is 9.47 Å². The summed E-state index contributed by atoms with van der Waals surface area (Å²) >= 11 is 3.58. The van der Waals surface area contributed by atoms with Gasteiger partial charge in [0.05, 0.1) is 18.8 Å². The minimum Gasteiger partial charge on any atom is -0.485 e. The average molecular weight is 411 g/mol. The maximum atomic E-state index is 12.1. The third-order valence-electron chi connectivity index (χ3n) is 4.20. The fraction of sp³-hybridized carbons (Fsp3) is 0.100. The zero-order chi connectivity index (χ0) is 18.1. The lowest BCUT2D eigenvalue weighted by Gasteiger charge is -2.14. The minimum atomic E-state index is -0.421. The molecule has 0 atom stereocenters. The lowest BCUT2D eigenvalue weighted by molar-refractivity contribution is 0.0603. The van der Waals surface area contributed by atoms with Crippen molar-refractivity contribution >= 4 is 38.2 Å². The number of carbonyl (C=O) groups is 1. The van der Waals surface area contributed by atoms with Crippen LogP contribution in [0.25, 0.3) is 16.3 Å². The maximum absolute atomic E-state index is 12.1. The largest absolute Gasteiger partial charge is 0.485 e. The highest BCUT2D eigenvalue weighted by atomic mass is 79.9. The first-order valence-corrected chi connectivity index (χ1v) is 8.83. The van der Waals surface area contributed by atoms with Crippen molar-refractivity contribution in [2.75, 3.05) is 7.11 Å². The molecule has 6 heteroatoms. The van der Waals surface area contributed by atoms with E-state index < -0.39 is 5.97 Å². The monoisotopic (exact) mass is 410 g/mol. The molecule has 0 aliphatic rings. The van der Waals surface area contributed by atoms with Gasteiger partial charge < -0.3 is 9.47 Å². The topological polar surface area (TPSA) is 52.8 Å². The van der Waals surface area contributed by atoms with Crippen LogP contribution in [0, 0.1) is 0 Å². The van der Waals surface area contributed by atoms with Crippen LogP contribution in [-0.4, -0.2) is 22.7 Å². The number of hydrogen-bond acceptors (Lipinski definition) is 4. The number of esters is 1. The van der Waals surface area contributed by atoms with Gasteiger partial charge in [-0.3, -0.25) is 0 Å². The zero-order valence-electron chi connectivity index (χ0n) is 14.0. The fourth-order valence-corrected chi connectivity index (χ4v) is 3.57. The standard InChI is InChI=1S/C20H15BrN2O3/c1-25-20(24)16-11-22-23-17(16)14-9-5-6-10-15(14)18(19(23)21)26-12-13-7-3-2-4-8-13/h2-11H,12H2,1H3. The van der Waals surface area contributed by atoms with Gasteiger partial charge >= 0.3 is 5.97 Å². The van der Waals surface area contributed by atoms with Crippen LogP contribution in [0.3, 0.4) is 0 Å². The predicted molar refractivity (Wildman–Crippen MR) is 103 cm³/mol. The Bertz CT molecular complexity index is 1110. The summed E-state index contributed by atoms with van der Waals surface area (Å²) in [5.74, 6) is 0.256. The van der Waals surface area contributed by atoms with E-state index in [1.54, 1.807) is 4.52 Å². The number of pyridine rings is 1. The van der Waals surface area contributed by atoms with E-state index in [1.807, 2.05) is 54.6 Å². The zero-order valence-corrected chi connectivity index (χ0v) is 15.6. The molecule has 0 aliphatic carbocycles. The summed E-state index contributed by atoms with van der Waals surface area (Å²) < 4.78 is 13.3. The van der Waals surface area contributed by atoms with Gasteiger partial charge in [0.15, 0.2) is 10.4 Å². The number of benzene rings is 2. The number of halogens is 1. The Kier molecular flexibility index (Phi) is 4.34. The highest BCUT2D eigenvalue weighted by Crippen LogP contribution is 2.38. The molecule has 130 valence electrons. The SMILES string of the molecule is COC(=O)c1cnn2c(Br)c(OCc3ccccc3)c3ccccc3c12. The second-order valence-electron chi connectivity index (χ2n) is 5.75. The van der Waals surface area contributed by atoms with Crippen molar-refractivity contribution in [1.82, 2.24) is 9.61 Å². The Morgan fingerprint density at radius 3 is 2.50 bits per heavy atom. The fourth-order valence-electron chi connectivity index (χ4n) is 2.98. The number of aromatic nitrogens is 2. The molecule has 0 aliphatic heterocycles. The van der Waals surface area contributed by atoms with Crippen LogP contribution in [0.5, 0.6) is 5.75 Å². The van der Waals surface area contributed by atoms with Gasteiger partial charge in [-0.15, -0.1) is 0 Å². The van der Waals surface area contributed by atoms with E-state index >= 15 is 0 Å². The number of nitrogens with zero attached hydrogens (tertiary/aromatic N) is 2. The molecule has 0 amide bonds. The van der Waals surface area contributed by atoms with Gasteiger partial charge in [0.25, 0.3) is 0 Å². The van der Waals surface area contributed by atoms with Crippen LogP contribution in [0.2, 0.25) is 0 Å². The summed E-state index contributed by atoms with van der Waals surface area (Å²) in [5, 5.41) is 6.11. The molecular weight excluding hydrogens is 396 g/mol. The molecule has 0 saturated heterocycles. The molecule has 0 saturated carbocycles. The Labute approximate surface area is 158 Å². The highest BCUT2D eigenvalue weighted by molar-refractivity contribution is 9.10. The van der Waals surface area contributed by atoms with Gasteiger partial charge in [0.1, 0.15) is 12.2 Å². The number of ether oxygens (including phenoxy) is 2. The van der Waals surface area contributed by atoms with Crippen LogP contribution < -0.4 is 4.74 Å². The molecule has 26 heavy (non-hydrogen) atoms. The summed E-state index contributed by atoms with van der Waals surface area (Å²) in [7, 11) is 1.36. The van der Waals surface area contributed by atoms with Crippen LogP contribution in [0.1, 0.15) is 15.9 Å². The molecule has 4 rings (SSSR count). The molecule has 2 heterocycles. The summed E-state index contributed by atoms with van der Waals surface area (Å²) in [4.78, 5) is 12.1. The smallest absolute Gasteiger partial charge is 0.341 e. The molecule has 0 radical (unpaired) electrons. The van der Waals surface area contributed by atoms with Crippen molar-refractivity contribution in [3.8, 4) is 5.75 Å².